The molecule has 0 heterocycles. The Hall–Kier alpha value is -1.10. The first-order valence-corrected chi connectivity index (χ1v) is 7.26. The summed E-state index contributed by atoms with van der Waals surface area (Å²) >= 11 is 3.33. The Morgan fingerprint density at radius 3 is 2.89 bits per heavy atom. The number of nitrogens with two attached hydrogens (primary N) is 1. The van der Waals surface area contributed by atoms with Crippen LogP contribution in [0.15, 0.2) is 27.7 Å². The molecule has 3 nitrogen and oxygen atoms in total. The van der Waals surface area contributed by atoms with Crippen molar-refractivity contribution in [3.05, 3.63) is 34.1 Å². The van der Waals surface area contributed by atoms with Gasteiger partial charge in [0.25, 0.3) is 0 Å². The van der Waals surface area contributed by atoms with E-state index in [4.69, 9.17) is 5.73 Å². The van der Waals surface area contributed by atoms with Gasteiger partial charge in [0.2, 0.25) is 0 Å². The predicted molar refractivity (Wildman–Crippen MR) is 81.8 cm³/mol. The molecule has 0 saturated heterocycles. The molecule has 0 spiro atoms. The summed E-state index contributed by atoms with van der Waals surface area (Å²) in [6.45, 7) is 5.59. The lowest BCUT2D eigenvalue weighted by Crippen LogP contribution is -2.33. The molecule has 0 aliphatic carbocycles. The number of guanidine groups is 1. The number of aliphatic imine (C=N–C) groups is 1. The molecule has 3 N–H and O–H groups in total. The summed E-state index contributed by atoms with van der Waals surface area (Å²) in [5.74, 6) is 0.851. The fraction of sp³-hybridized carbons (Fsp3) is 0.500. The highest BCUT2D eigenvalue weighted by Crippen LogP contribution is 2.15. The van der Waals surface area contributed by atoms with Crippen LogP contribution in [0.1, 0.15) is 25.8 Å². The van der Waals surface area contributed by atoms with E-state index in [0.29, 0.717) is 30.4 Å². The second kappa shape index (κ2) is 8.15. The number of rotatable bonds is 6. The van der Waals surface area contributed by atoms with Gasteiger partial charge in [0, 0.05) is 17.6 Å². The minimum absolute atomic E-state index is 0.194. The molecule has 1 rings (SSSR count). The molecule has 0 aliphatic heterocycles. The van der Waals surface area contributed by atoms with E-state index >= 15 is 0 Å². The molecule has 0 bridgehead atoms. The van der Waals surface area contributed by atoms with E-state index in [1.54, 1.807) is 12.1 Å². The van der Waals surface area contributed by atoms with Gasteiger partial charge >= 0.3 is 0 Å². The van der Waals surface area contributed by atoms with Crippen molar-refractivity contribution in [1.82, 2.24) is 5.32 Å². The highest BCUT2D eigenvalue weighted by Gasteiger charge is 2.02. The molecule has 0 amide bonds. The first kappa shape index (κ1) is 16.0. The second-order valence-corrected chi connectivity index (χ2v) is 5.78. The topological polar surface area (TPSA) is 50.4 Å². The number of hydrogen-bond donors (Lipinski definition) is 2. The molecule has 0 radical (unpaired) electrons. The van der Waals surface area contributed by atoms with Crippen LogP contribution >= 0.6 is 15.9 Å². The van der Waals surface area contributed by atoms with Gasteiger partial charge < -0.3 is 11.1 Å². The zero-order valence-electron chi connectivity index (χ0n) is 11.4. The first-order valence-electron chi connectivity index (χ1n) is 6.46. The molecular weight excluding hydrogens is 309 g/mol. The maximum atomic E-state index is 13.5. The third-order valence-corrected chi connectivity index (χ3v) is 3.19. The lowest BCUT2D eigenvalue weighted by atomic mass is 10.1. The van der Waals surface area contributed by atoms with Crippen LogP contribution in [-0.2, 0) is 6.42 Å². The number of nitrogens with zero attached hydrogens (tertiary/aromatic N) is 1. The Morgan fingerprint density at radius 1 is 1.47 bits per heavy atom. The van der Waals surface area contributed by atoms with Gasteiger partial charge in [0.15, 0.2) is 5.96 Å². The molecule has 0 aliphatic rings. The van der Waals surface area contributed by atoms with Gasteiger partial charge in [-0.3, -0.25) is 4.99 Å². The molecule has 5 heteroatoms. The number of benzene rings is 1. The average Bonchev–Trinajstić information content (AvgIpc) is 2.33. The van der Waals surface area contributed by atoms with Crippen LogP contribution in [0.3, 0.4) is 0 Å². The van der Waals surface area contributed by atoms with E-state index in [0.717, 1.165) is 17.4 Å². The van der Waals surface area contributed by atoms with Gasteiger partial charge in [-0.25, -0.2) is 4.39 Å². The molecule has 1 aromatic rings. The third kappa shape index (κ3) is 6.57. The van der Waals surface area contributed by atoms with E-state index in [1.807, 2.05) is 0 Å². The van der Waals surface area contributed by atoms with Crippen LogP contribution in [0.25, 0.3) is 0 Å². The van der Waals surface area contributed by atoms with Crippen molar-refractivity contribution in [2.24, 2.45) is 16.6 Å². The average molecular weight is 330 g/mol. The van der Waals surface area contributed by atoms with Crippen molar-refractivity contribution >= 4 is 21.9 Å². The van der Waals surface area contributed by atoms with E-state index in [-0.39, 0.29) is 5.82 Å². The summed E-state index contributed by atoms with van der Waals surface area (Å²) in [6, 6.07) is 4.93. The summed E-state index contributed by atoms with van der Waals surface area (Å²) in [4.78, 5) is 4.22. The van der Waals surface area contributed by atoms with Gasteiger partial charge in [0.1, 0.15) is 5.82 Å². The number of hydrogen-bond acceptors (Lipinski definition) is 1. The van der Waals surface area contributed by atoms with Gasteiger partial charge in [-0.05, 0) is 42.5 Å². The predicted octanol–water partition coefficient (Wildman–Crippen LogP) is 3.08. The summed E-state index contributed by atoms with van der Waals surface area (Å²) in [7, 11) is 0. The van der Waals surface area contributed by atoms with Crippen LogP contribution in [0.2, 0.25) is 0 Å². The lowest BCUT2D eigenvalue weighted by Gasteiger charge is -2.07. The number of halogens is 2. The van der Waals surface area contributed by atoms with Crippen molar-refractivity contribution in [2.75, 3.05) is 13.1 Å². The summed E-state index contributed by atoms with van der Waals surface area (Å²) in [6.07, 6.45) is 1.59. The van der Waals surface area contributed by atoms with Crippen molar-refractivity contribution in [3.8, 4) is 0 Å². The standard InChI is InChI=1S/C14H21BrFN3/c1-10(2)5-7-18-14(17)19-8-6-11-9-12(15)3-4-13(11)16/h3-4,9-10H,5-8H2,1-2H3,(H3,17,18,19). The molecule has 106 valence electrons. The van der Waals surface area contributed by atoms with E-state index < -0.39 is 0 Å². The normalized spacial score (nSPS) is 11.9. The molecule has 19 heavy (non-hydrogen) atoms. The third-order valence-electron chi connectivity index (χ3n) is 2.70. The molecule has 0 unspecified atom stereocenters. The highest BCUT2D eigenvalue weighted by molar-refractivity contribution is 9.10. The Balaban J connectivity index is 2.35. The van der Waals surface area contributed by atoms with Gasteiger partial charge in [0.05, 0.1) is 0 Å². The zero-order valence-corrected chi connectivity index (χ0v) is 13.0. The summed E-state index contributed by atoms with van der Waals surface area (Å²) < 4.78 is 14.4. The second-order valence-electron chi connectivity index (χ2n) is 4.86. The SMILES string of the molecule is CC(C)CCN=C(N)NCCc1cc(Br)ccc1F. The van der Waals surface area contributed by atoms with Crippen molar-refractivity contribution in [3.63, 3.8) is 0 Å². The van der Waals surface area contributed by atoms with Crippen molar-refractivity contribution < 1.29 is 4.39 Å². The summed E-state index contributed by atoms with van der Waals surface area (Å²) in [5.41, 5.74) is 6.39. The largest absolute Gasteiger partial charge is 0.370 e. The Kier molecular flexibility index (Phi) is 6.84. The monoisotopic (exact) mass is 329 g/mol. The smallest absolute Gasteiger partial charge is 0.188 e. The van der Waals surface area contributed by atoms with Crippen LogP contribution in [-0.4, -0.2) is 19.0 Å². The Labute approximate surface area is 122 Å². The van der Waals surface area contributed by atoms with Gasteiger partial charge in [-0.2, -0.15) is 0 Å². The van der Waals surface area contributed by atoms with Crippen LogP contribution in [0, 0.1) is 11.7 Å². The molecule has 0 atom stereocenters. The molecule has 0 saturated carbocycles. The molecular formula is C14H21BrFN3. The molecule has 0 fully saturated rings. The van der Waals surface area contributed by atoms with Gasteiger partial charge in [-0.15, -0.1) is 0 Å². The lowest BCUT2D eigenvalue weighted by molar-refractivity contribution is 0.594. The maximum Gasteiger partial charge on any atom is 0.188 e. The van der Waals surface area contributed by atoms with E-state index in [1.165, 1.54) is 6.07 Å². The Morgan fingerprint density at radius 2 is 2.21 bits per heavy atom. The Bertz CT molecular complexity index is 433. The van der Waals surface area contributed by atoms with E-state index in [9.17, 15) is 4.39 Å². The molecule has 1 aromatic carbocycles. The van der Waals surface area contributed by atoms with Gasteiger partial charge in [-0.1, -0.05) is 29.8 Å². The van der Waals surface area contributed by atoms with Crippen LogP contribution in [0.5, 0.6) is 0 Å². The minimum Gasteiger partial charge on any atom is -0.370 e. The fourth-order valence-electron chi connectivity index (χ4n) is 1.56. The first-order chi connectivity index (χ1) is 8.99. The number of nitrogens with one attached hydrogen (secondary N) is 1. The van der Waals surface area contributed by atoms with Crippen molar-refractivity contribution in [2.45, 2.75) is 26.7 Å². The van der Waals surface area contributed by atoms with E-state index in [2.05, 4.69) is 40.1 Å². The maximum absolute atomic E-state index is 13.5. The van der Waals surface area contributed by atoms with Crippen LogP contribution in [0.4, 0.5) is 4.39 Å². The quantitative estimate of drug-likeness (QED) is 0.622. The van der Waals surface area contributed by atoms with Crippen molar-refractivity contribution in [1.29, 1.82) is 0 Å². The fourth-order valence-corrected chi connectivity index (χ4v) is 1.97. The minimum atomic E-state index is -0.194. The van der Waals surface area contributed by atoms with Crippen LogP contribution < -0.4 is 11.1 Å². The molecule has 0 aromatic heterocycles. The highest BCUT2D eigenvalue weighted by atomic mass is 79.9. The zero-order chi connectivity index (χ0) is 14.3. The summed E-state index contributed by atoms with van der Waals surface area (Å²) in [5, 5.41) is 3.00.